The van der Waals surface area contributed by atoms with Gasteiger partial charge in [-0.2, -0.15) is 11.3 Å². The molecule has 1 atom stereocenters. The summed E-state index contributed by atoms with van der Waals surface area (Å²) in [5.74, 6) is 0.408. The first-order chi connectivity index (χ1) is 10.2. The monoisotopic (exact) mass is 306 g/mol. The van der Waals surface area contributed by atoms with E-state index in [2.05, 4.69) is 34.0 Å². The second-order valence-electron chi connectivity index (χ2n) is 6.61. The second kappa shape index (κ2) is 6.49. The van der Waals surface area contributed by atoms with Crippen LogP contribution in [0.1, 0.15) is 51.0 Å². The molecule has 1 unspecified atom stereocenters. The van der Waals surface area contributed by atoms with E-state index in [0.29, 0.717) is 11.9 Å². The normalized spacial score (nSPS) is 25.8. The van der Waals surface area contributed by atoms with Crippen LogP contribution in [0.3, 0.4) is 0 Å². The van der Waals surface area contributed by atoms with Gasteiger partial charge < -0.3 is 10.2 Å². The lowest BCUT2D eigenvalue weighted by Crippen LogP contribution is -2.52. The average molecular weight is 306 g/mol. The molecule has 3 rings (SSSR count). The number of rotatable bonds is 6. The molecule has 1 amide bonds. The zero-order valence-electron chi connectivity index (χ0n) is 12.9. The van der Waals surface area contributed by atoms with Crippen molar-refractivity contribution in [2.45, 2.75) is 58.0 Å². The van der Waals surface area contributed by atoms with Crippen LogP contribution in [0, 0.1) is 5.41 Å². The SMILES string of the molecule is CCCC1(C(=O)N(Cc2ccsc2)C2CC2)CCCNC1. The highest BCUT2D eigenvalue weighted by atomic mass is 32.1. The van der Waals surface area contributed by atoms with Crippen LogP contribution in [0.4, 0.5) is 0 Å². The van der Waals surface area contributed by atoms with Crippen molar-refractivity contribution in [2.75, 3.05) is 13.1 Å². The van der Waals surface area contributed by atoms with Gasteiger partial charge in [0.2, 0.25) is 5.91 Å². The highest BCUT2D eigenvalue weighted by molar-refractivity contribution is 7.07. The minimum atomic E-state index is -0.147. The van der Waals surface area contributed by atoms with Crippen molar-refractivity contribution in [3.63, 3.8) is 0 Å². The number of carbonyl (C=O) groups excluding carboxylic acids is 1. The fraction of sp³-hybridized carbons (Fsp3) is 0.706. The molecule has 1 N–H and O–H groups in total. The molecule has 1 aromatic rings. The van der Waals surface area contributed by atoms with Gasteiger partial charge in [-0.1, -0.05) is 13.3 Å². The van der Waals surface area contributed by atoms with Crippen LogP contribution >= 0.6 is 11.3 Å². The molecule has 4 heteroatoms. The van der Waals surface area contributed by atoms with E-state index in [1.165, 1.54) is 18.4 Å². The molecule has 0 aromatic carbocycles. The van der Waals surface area contributed by atoms with Gasteiger partial charge in [0, 0.05) is 19.1 Å². The average Bonchev–Trinajstić information content (AvgIpc) is 3.22. The molecule has 116 valence electrons. The smallest absolute Gasteiger partial charge is 0.230 e. The molecule has 0 radical (unpaired) electrons. The fourth-order valence-corrected chi connectivity index (χ4v) is 4.25. The predicted octanol–water partition coefficient (Wildman–Crippen LogP) is 3.41. The van der Waals surface area contributed by atoms with Crippen LogP contribution in [0.5, 0.6) is 0 Å². The summed E-state index contributed by atoms with van der Waals surface area (Å²) in [7, 11) is 0. The number of nitrogens with zero attached hydrogens (tertiary/aromatic N) is 1. The third-order valence-corrected chi connectivity index (χ3v) is 5.57. The minimum absolute atomic E-state index is 0.147. The first-order valence-electron chi connectivity index (χ1n) is 8.28. The van der Waals surface area contributed by atoms with Crippen LogP contribution in [0.2, 0.25) is 0 Å². The molecule has 0 spiro atoms. The number of thiophene rings is 1. The van der Waals surface area contributed by atoms with E-state index >= 15 is 0 Å². The molecule has 1 aliphatic heterocycles. The van der Waals surface area contributed by atoms with Gasteiger partial charge in [0.25, 0.3) is 0 Å². The third kappa shape index (κ3) is 3.32. The van der Waals surface area contributed by atoms with Crippen molar-refractivity contribution in [1.29, 1.82) is 0 Å². The lowest BCUT2D eigenvalue weighted by Gasteiger charge is -2.40. The predicted molar refractivity (Wildman–Crippen MR) is 87.3 cm³/mol. The van der Waals surface area contributed by atoms with Gasteiger partial charge in [0.15, 0.2) is 0 Å². The first-order valence-corrected chi connectivity index (χ1v) is 9.22. The quantitative estimate of drug-likeness (QED) is 0.873. The Kier molecular flexibility index (Phi) is 4.65. The highest BCUT2D eigenvalue weighted by Crippen LogP contribution is 2.38. The number of piperidine rings is 1. The van der Waals surface area contributed by atoms with Crippen molar-refractivity contribution < 1.29 is 4.79 Å². The van der Waals surface area contributed by atoms with Crippen molar-refractivity contribution in [3.05, 3.63) is 22.4 Å². The zero-order valence-corrected chi connectivity index (χ0v) is 13.8. The van der Waals surface area contributed by atoms with Crippen molar-refractivity contribution in [3.8, 4) is 0 Å². The number of amides is 1. The van der Waals surface area contributed by atoms with E-state index in [1.54, 1.807) is 11.3 Å². The van der Waals surface area contributed by atoms with Gasteiger partial charge in [-0.25, -0.2) is 0 Å². The van der Waals surface area contributed by atoms with E-state index in [1.807, 2.05) is 0 Å². The Morgan fingerprint density at radius 3 is 2.95 bits per heavy atom. The van der Waals surface area contributed by atoms with Crippen LogP contribution in [-0.4, -0.2) is 29.9 Å². The Morgan fingerprint density at radius 1 is 1.52 bits per heavy atom. The molecule has 0 bridgehead atoms. The Balaban J connectivity index is 1.78. The summed E-state index contributed by atoms with van der Waals surface area (Å²) in [6.07, 6.45) is 6.66. The molecule has 1 saturated heterocycles. The summed E-state index contributed by atoms with van der Waals surface area (Å²) in [6, 6.07) is 2.65. The van der Waals surface area contributed by atoms with Gasteiger partial charge in [0.1, 0.15) is 0 Å². The topological polar surface area (TPSA) is 32.3 Å². The molecule has 2 aliphatic rings. The van der Waals surface area contributed by atoms with Crippen molar-refractivity contribution in [1.82, 2.24) is 10.2 Å². The van der Waals surface area contributed by atoms with Crippen molar-refractivity contribution in [2.24, 2.45) is 5.41 Å². The summed E-state index contributed by atoms with van der Waals surface area (Å²) in [4.78, 5) is 15.5. The summed E-state index contributed by atoms with van der Waals surface area (Å²) in [5.41, 5.74) is 1.14. The van der Waals surface area contributed by atoms with E-state index in [0.717, 1.165) is 45.3 Å². The fourth-order valence-electron chi connectivity index (χ4n) is 3.59. The maximum Gasteiger partial charge on any atom is 0.230 e. The molecule has 1 saturated carbocycles. The van der Waals surface area contributed by atoms with E-state index in [-0.39, 0.29) is 5.41 Å². The zero-order chi connectivity index (χ0) is 14.7. The number of hydrogen-bond acceptors (Lipinski definition) is 3. The minimum Gasteiger partial charge on any atom is -0.335 e. The second-order valence-corrected chi connectivity index (χ2v) is 7.39. The van der Waals surface area contributed by atoms with Gasteiger partial charge in [-0.05, 0) is 61.0 Å². The summed E-state index contributed by atoms with van der Waals surface area (Å²) >= 11 is 1.72. The summed E-state index contributed by atoms with van der Waals surface area (Å²) in [6.45, 7) is 4.93. The summed E-state index contributed by atoms with van der Waals surface area (Å²) in [5, 5.41) is 7.75. The Hall–Kier alpha value is -0.870. The molecule has 3 nitrogen and oxygen atoms in total. The maximum atomic E-state index is 13.3. The van der Waals surface area contributed by atoms with Crippen LogP contribution in [-0.2, 0) is 11.3 Å². The van der Waals surface area contributed by atoms with Gasteiger partial charge >= 0.3 is 0 Å². The molecular formula is C17H26N2OS. The van der Waals surface area contributed by atoms with E-state index in [9.17, 15) is 4.79 Å². The molecular weight excluding hydrogens is 280 g/mol. The Morgan fingerprint density at radius 2 is 2.38 bits per heavy atom. The largest absolute Gasteiger partial charge is 0.335 e. The van der Waals surface area contributed by atoms with Crippen molar-refractivity contribution >= 4 is 17.2 Å². The standard InChI is InChI=1S/C17H26N2OS/c1-2-7-17(8-3-9-18-13-17)16(20)19(15-4-5-15)11-14-6-10-21-12-14/h6,10,12,15,18H,2-5,7-9,11,13H2,1H3. The number of hydrogen-bond donors (Lipinski definition) is 1. The number of nitrogens with one attached hydrogen (secondary N) is 1. The lowest BCUT2D eigenvalue weighted by atomic mass is 9.75. The Labute approximate surface area is 131 Å². The summed E-state index contributed by atoms with van der Waals surface area (Å²) < 4.78 is 0. The first kappa shape index (κ1) is 15.0. The maximum absolute atomic E-state index is 13.3. The van der Waals surface area contributed by atoms with Gasteiger partial charge in [0.05, 0.1) is 5.41 Å². The lowest BCUT2D eigenvalue weighted by molar-refractivity contribution is -0.145. The highest BCUT2D eigenvalue weighted by Gasteiger charge is 2.45. The van der Waals surface area contributed by atoms with Crippen LogP contribution in [0.25, 0.3) is 0 Å². The third-order valence-electron chi connectivity index (χ3n) is 4.84. The molecule has 2 fully saturated rings. The van der Waals surface area contributed by atoms with Crippen LogP contribution in [0.15, 0.2) is 16.8 Å². The molecule has 21 heavy (non-hydrogen) atoms. The molecule has 1 aromatic heterocycles. The van der Waals surface area contributed by atoms with Crippen LogP contribution < -0.4 is 5.32 Å². The number of carbonyl (C=O) groups is 1. The molecule has 1 aliphatic carbocycles. The molecule has 2 heterocycles. The van der Waals surface area contributed by atoms with Gasteiger partial charge in [-0.15, -0.1) is 0 Å². The van der Waals surface area contributed by atoms with E-state index < -0.39 is 0 Å². The van der Waals surface area contributed by atoms with Gasteiger partial charge in [-0.3, -0.25) is 4.79 Å². The van der Waals surface area contributed by atoms with E-state index in [4.69, 9.17) is 0 Å². The Bertz CT molecular complexity index is 456.